The van der Waals surface area contributed by atoms with Gasteiger partial charge in [-0.2, -0.15) is 0 Å². The predicted molar refractivity (Wildman–Crippen MR) is 59.6 cm³/mol. The number of nitrogens with zero attached hydrogens (tertiary/aromatic N) is 2. The first kappa shape index (κ1) is 12.5. The number of aliphatic hydroxyl groups excluding tert-OH is 1. The lowest BCUT2D eigenvalue weighted by molar-refractivity contribution is -0.130. The first-order valence-electron chi connectivity index (χ1n) is 5.83. The Morgan fingerprint density at radius 3 is 2.33 bits per heavy atom. The Kier molecular flexibility index (Phi) is 5.65. The van der Waals surface area contributed by atoms with Gasteiger partial charge in [0.25, 0.3) is 0 Å². The molecule has 1 N–H and O–H groups in total. The van der Waals surface area contributed by atoms with Crippen molar-refractivity contribution in [2.45, 2.75) is 26.2 Å². The number of hydrogen-bond donors (Lipinski definition) is 1. The first-order chi connectivity index (χ1) is 7.24. The van der Waals surface area contributed by atoms with Crippen LogP contribution in [-0.2, 0) is 4.79 Å². The fourth-order valence-electron chi connectivity index (χ4n) is 1.91. The summed E-state index contributed by atoms with van der Waals surface area (Å²) in [6.45, 7) is 6.78. The Labute approximate surface area is 91.9 Å². The highest BCUT2D eigenvalue weighted by atomic mass is 16.2. The van der Waals surface area contributed by atoms with Crippen molar-refractivity contribution < 1.29 is 9.90 Å². The first-order valence-corrected chi connectivity index (χ1v) is 5.83. The van der Waals surface area contributed by atoms with Crippen LogP contribution in [0.1, 0.15) is 26.2 Å². The average molecular weight is 214 g/mol. The predicted octanol–water partition coefficient (Wildman–Crippen LogP) is 0.313. The Hall–Kier alpha value is -0.610. The largest absolute Gasteiger partial charge is 0.396 e. The van der Waals surface area contributed by atoms with E-state index in [0.717, 1.165) is 52.0 Å². The van der Waals surface area contributed by atoms with Gasteiger partial charge in [0.2, 0.25) is 5.91 Å². The van der Waals surface area contributed by atoms with E-state index in [9.17, 15) is 4.79 Å². The lowest BCUT2D eigenvalue weighted by Crippen LogP contribution is -2.48. The summed E-state index contributed by atoms with van der Waals surface area (Å²) in [7, 11) is 0. The second-order valence-corrected chi connectivity index (χ2v) is 4.13. The Morgan fingerprint density at radius 1 is 1.13 bits per heavy atom. The summed E-state index contributed by atoms with van der Waals surface area (Å²) >= 11 is 0. The molecule has 1 amide bonds. The maximum atomic E-state index is 11.1. The van der Waals surface area contributed by atoms with Crippen molar-refractivity contribution in [2.24, 2.45) is 0 Å². The van der Waals surface area contributed by atoms with Gasteiger partial charge in [0.15, 0.2) is 0 Å². The van der Waals surface area contributed by atoms with Gasteiger partial charge in [0.1, 0.15) is 0 Å². The molecule has 4 heteroatoms. The zero-order valence-electron chi connectivity index (χ0n) is 9.61. The fourth-order valence-corrected chi connectivity index (χ4v) is 1.91. The van der Waals surface area contributed by atoms with Gasteiger partial charge in [-0.25, -0.2) is 0 Å². The van der Waals surface area contributed by atoms with E-state index < -0.39 is 0 Å². The lowest BCUT2D eigenvalue weighted by Gasteiger charge is -2.34. The molecule has 4 nitrogen and oxygen atoms in total. The smallest absolute Gasteiger partial charge is 0.219 e. The maximum absolute atomic E-state index is 11.1. The second-order valence-electron chi connectivity index (χ2n) is 4.13. The van der Waals surface area contributed by atoms with Gasteiger partial charge < -0.3 is 10.0 Å². The maximum Gasteiger partial charge on any atom is 0.219 e. The van der Waals surface area contributed by atoms with Crippen molar-refractivity contribution in [1.82, 2.24) is 9.80 Å². The minimum atomic E-state index is 0.190. The highest BCUT2D eigenvalue weighted by Crippen LogP contribution is 2.04. The Balaban J connectivity index is 2.07. The number of aliphatic hydroxyl groups is 1. The van der Waals surface area contributed by atoms with Gasteiger partial charge in [-0.05, 0) is 25.8 Å². The number of carbonyl (C=O) groups excluding carboxylic acids is 1. The summed E-state index contributed by atoms with van der Waals surface area (Å²) in [5.41, 5.74) is 0. The van der Waals surface area contributed by atoms with E-state index in [1.54, 1.807) is 6.92 Å². The molecule has 0 bridgehead atoms. The van der Waals surface area contributed by atoms with Crippen LogP contribution in [-0.4, -0.2) is 60.1 Å². The molecule has 1 fully saturated rings. The van der Waals surface area contributed by atoms with Crippen LogP contribution < -0.4 is 0 Å². The quantitative estimate of drug-likeness (QED) is 0.670. The average Bonchev–Trinajstić information content (AvgIpc) is 2.25. The highest BCUT2D eigenvalue weighted by Gasteiger charge is 2.17. The van der Waals surface area contributed by atoms with Crippen molar-refractivity contribution in [1.29, 1.82) is 0 Å². The van der Waals surface area contributed by atoms with Gasteiger partial charge in [0.05, 0.1) is 0 Å². The summed E-state index contributed by atoms with van der Waals surface area (Å²) in [6.07, 6.45) is 3.16. The Morgan fingerprint density at radius 2 is 1.80 bits per heavy atom. The molecule has 0 aromatic heterocycles. The van der Waals surface area contributed by atoms with E-state index in [0.29, 0.717) is 6.61 Å². The van der Waals surface area contributed by atoms with E-state index in [1.165, 1.54) is 0 Å². The summed E-state index contributed by atoms with van der Waals surface area (Å²) in [5, 5.41) is 8.64. The van der Waals surface area contributed by atoms with Crippen LogP contribution in [0.25, 0.3) is 0 Å². The van der Waals surface area contributed by atoms with Crippen LogP contribution in [0.15, 0.2) is 0 Å². The molecule has 0 radical (unpaired) electrons. The molecule has 15 heavy (non-hydrogen) atoms. The van der Waals surface area contributed by atoms with E-state index in [2.05, 4.69) is 4.90 Å². The molecule has 1 rings (SSSR count). The third-order valence-corrected chi connectivity index (χ3v) is 2.95. The SMILES string of the molecule is CC(=O)N1CCN(CCCCCO)CC1. The van der Waals surface area contributed by atoms with Gasteiger partial charge >= 0.3 is 0 Å². The molecule has 0 unspecified atom stereocenters. The third kappa shape index (κ3) is 4.62. The third-order valence-electron chi connectivity index (χ3n) is 2.95. The molecule has 88 valence electrons. The number of hydrogen-bond acceptors (Lipinski definition) is 3. The zero-order valence-corrected chi connectivity index (χ0v) is 9.61. The van der Waals surface area contributed by atoms with Crippen molar-refractivity contribution in [3.8, 4) is 0 Å². The molecule has 1 heterocycles. The molecule has 1 aliphatic rings. The van der Waals surface area contributed by atoms with Gasteiger partial charge in [-0.1, -0.05) is 0 Å². The van der Waals surface area contributed by atoms with E-state index >= 15 is 0 Å². The van der Waals surface area contributed by atoms with Crippen LogP contribution >= 0.6 is 0 Å². The standard InChI is InChI=1S/C11H22N2O2/c1-11(15)13-8-6-12(7-9-13)5-3-2-4-10-14/h14H,2-10H2,1H3. The van der Waals surface area contributed by atoms with E-state index in [1.807, 2.05) is 4.90 Å². The van der Waals surface area contributed by atoms with Crippen LogP contribution in [0.4, 0.5) is 0 Å². The molecular formula is C11H22N2O2. The van der Waals surface area contributed by atoms with Crippen LogP contribution in [0, 0.1) is 0 Å². The number of rotatable bonds is 5. The van der Waals surface area contributed by atoms with Gasteiger partial charge in [-0.15, -0.1) is 0 Å². The van der Waals surface area contributed by atoms with Gasteiger partial charge in [0, 0.05) is 39.7 Å². The van der Waals surface area contributed by atoms with E-state index in [4.69, 9.17) is 5.11 Å². The van der Waals surface area contributed by atoms with Crippen molar-refractivity contribution in [3.63, 3.8) is 0 Å². The molecule has 0 aromatic carbocycles. The van der Waals surface area contributed by atoms with E-state index in [-0.39, 0.29) is 5.91 Å². The van der Waals surface area contributed by atoms with Crippen molar-refractivity contribution in [2.75, 3.05) is 39.3 Å². The number of amides is 1. The molecule has 0 aliphatic carbocycles. The summed E-state index contributed by atoms with van der Waals surface area (Å²) < 4.78 is 0. The van der Waals surface area contributed by atoms with Crippen LogP contribution in [0.5, 0.6) is 0 Å². The normalized spacial score (nSPS) is 18.1. The molecule has 0 atom stereocenters. The minimum Gasteiger partial charge on any atom is -0.396 e. The highest BCUT2D eigenvalue weighted by molar-refractivity contribution is 5.73. The monoisotopic (exact) mass is 214 g/mol. The Bertz CT molecular complexity index is 189. The number of carbonyl (C=O) groups is 1. The summed E-state index contributed by atoms with van der Waals surface area (Å²) in [4.78, 5) is 15.4. The summed E-state index contributed by atoms with van der Waals surface area (Å²) in [5.74, 6) is 0.190. The van der Waals surface area contributed by atoms with Crippen LogP contribution in [0.2, 0.25) is 0 Å². The molecule has 0 aromatic rings. The van der Waals surface area contributed by atoms with Crippen molar-refractivity contribution in [3.05, 3.63) is 0 Å². The second kappa shape index (κ2) is 6.80. The molecule has 1 aliphatic heterocycles. The minimum absolute atomic E-state index is 0.190. The summed E-state index contributed by atoms with van der Waals surface area (Å²) in [6, 6.07) is 0. The molecular weight excluding hydrogens is 192 g/mol. The fraction of sp³-hybridized carbons (Fsp3) is 0.909. The number of unbranched alkanes of at least 4 members (excludes halogenated alkanes) is 2. The van der Waals surface area contributed by atoms with Gasteiger partial charge in [-0.3, -0.25) is 9.69 Å². The molecule has 0 saturated carbocycles. The number of piperazine rings is 1. The topological polar surface area (TPSA) is 43.8 Å². The lowest BCUT2D eigenvalue weighted by atomic mass is 10.2. The molecule has 0 spiro atoms. The van der Waals surface area contributed by atoms with Crippen LogP contribution in [0.3, 0.4) is 0 Å². The van der Waals surface area contributed by atoms with Crippen molar-refractivity contribution >= 4 is 5.91 Å². The zero-order chi connectivity index (χ0) is 11.1. The molecule has 1 saturated heterocycles.